The van der Waals surface area contributed by atoms with Gasteiger partial charge in [-0.3, -0.25) is 19.3 Å². The van der Waals surface area contributed by atoms with E-state index in [2.05, 4.69) is 32.0 Å². The minimum Gasteiger partial charge on any atom is -0.481 e. The lowest BCUT2D eigenvalue weighted by Gasteiger charge is -2.27. The molecule has 1 unspecified atom stereocenters. The maximum absolute atomic E-state index is 13.4. The molecule has 4 rings (SSSR count). The van der Waals surface area contributed by atoms with Crippen LogP contribution in [0.2, 0.25) is 0 Å². The zero-order chi connectivity index (χ0) is 26.7. The fraction of sp³-hybridized carbons (Fsp3) is 0.385. The number of hydrogen-bond donors (Lipinski definition) is 2. The predicted molar refractivity (Wildman–Crippen MR) is 128 cm³/mol. The molecule has 0 saturated heterocycles. The molecule has 0 spiro atoms. The highest BCUT2D eigenvalue weighted by atomic mass is 19.4. The van der Waals surface area contributed by atoms with Crippen LogP contribution in [0.15, 0.2) is 36.7 Å². The van der Waals surface area contributed by atoms with E-state index in [1.807, 2.05) is 0 Å². The largest absolute Gasteiger partial charge is 0.573 e. The summed E-state index contributed by atoms with van der Waals surface area (Å²) in [7, 11) is 0. The second-order valence-electron chi connectivity index (χ2n) is 8.89. The lowest BCUT2D eigenvalue weighted by atomic mass is 9.86. The maximum Gasteiger partial charge on any atom is 0.573 e. The molecule has 3 aromatic rings. The van der Waals surface area contributed by atoms with E-state index in [9.17, 15) is 27.9 Å². The number of pyridine rings is 1. The summed E-state index contributed by atoms with van der Waals surface area (Å²) < 4.78 is 43.0. The van der Waals surface area contributed by atoms with Crippen LogP contribution in [0.1, 0.15) is 67.2 Å². The van der Waals surface area contributed by atoms with Gasteiger partial charge in [-0.05, 0) is 63.8 Å². The standard InChI is InChI=1S/C26H25F3N4O4/c1-3-4-16-7-11-20(24(34)32-18-8-5-17(6-9-18)25(35)36)23-21(16)14-31-33(23)15(2)22-12-10-19(13-30-22)37-26(27,28)29/h7,10-15,17-18H,5-6,8-9H2,1-2H3,(H,32,34)(H,35,36). The molecule has 1 aromatic carbocycles. The Bertz CT molecular complexity index is 1360. The number of carboxylic acids is 1. The summed E-state index contributed by atoms with van der Waals surface area (Å²) in [6.07, 6.45) is -0.112. The Kier molecular flexibility index (Phi) is 7.38. The molecule has 11 heteroatoms. The third-order valence-electron chi connectivity index (χ3n) is 6.46. The average Bonchev–Trinajstić information content (AvgIpc) is 3.29. The molecule has 194 valence electrons. The molecule has 0 radical (unpaired) electrons. The van der Waals surface area contributed by atoms with Gasteiger partial charge in [0.2, 0.25) is 0 Å². The molecule has 1 atom stereocenters. The van der Waals surface area contributed by atoms with Crippen LogP contribution in [0.5, 0.6) is 5.75 Å². The number of carboxylic acid groups (broad SMARTS) is 1. The first-order valence-corrected chi connectivity index (χ1v) is 11.8. The Morgan fingerprint density at radius 2 is 1.89 bits per heavy atom. The smallest absolute Gasteiger partial charge is 0.481 e. The normalized spacial score (nSPS) is 18.5. The zero-order valence-electron chi connectivity index (χ0n) is 20.2. The summed E-state index contributed by atoms with van der Waals surface area (Å²) in [5.74, 6) is 3.88. The Hall–Kier alpha value is -4.07. The number of carbonyl (C=O) groups excluding carboxylic acids is 1. The van der Waals surface area contributed by atoms with Crippen LogP contribution in [-0.4, -0.2) is 44.2 Å². The lowest BCUT2D eigenvalue weighted by molar-refractivity contribution is -0.274. The number of alkyl halides is 3. The summed E-state index contributed by atoms with van der Waals surface area (Å²) in [6, 6.07) is 5.32. The van der Waals surface area contributed by atoms with E-state index in [0.29, 0.717) is 53.4 Å². The van der Waals surface area contributed by atoms with Gasteiger partial charge in [-0.15, -0.1) is 19.1 Å². The highest BCUT2D eigenvalue weighted by Gasteiger charge is 2.31. The highest BCUT2D eigenvalue weighted by Crippen LogP contribution is 2.30. The van der Waals surface area contributed by atoms with Gasteiger partial charge in [-0.2, -0.15) is 5.10 Å². The van der Waals surface area contributed by atoms with Gasteiger partial charge in [-0.25, -0.2) is 0 Å². The van der Waals surface area contributed by atoms with Gasteiger partial charge in [0.15, 0.2) is 0 Å². The van der Waals surface area contributed by atoms with Crippen LogP contribution in [-0.2, 0) is 4.79 Å². The van der Waals surface area contributed by atoms with Crippen LogP contribution in [0.4, 0.5) is 13.2 Å². The number of halogens is 3. The minimum absolute atomic E-state index is 0.148. The van der Waals surface area contributed by atoms with Crippen molar-refractivity contribution in [2.24, 2.45) is 5.92 Å². The fourth-order valence-corrected chi connectivity index (χ4v) is 4.59. The van der Waals surface area contributed by atoms with Gasteiger partial charge >= 0.3 is 12.3 Å². The topological polar surface area (TPSA) is 106 Å². The minimum atomic E-state index is -4.82. The number of aromatic nitrogens is 3. The van der Waals surface area contributed by atoms with Gasteiger partial charge in [-0.1, -0.05) is 5.92 Å². The summed E-state index contributed by atoms with van der Waals surface area (Å²) in [4.78, 5) is 28.7. The zero-order valence-corrected chi connectivity index (χ0v) is 20.2. The van der Waals surface area contributed by atoms with Crippen molar-refractivity contribution in [1.29, 1.82) is 0 Å². The average molecular weight is 515 g/mol. The van der Waals surface area contributed by atoms with E-state index >= 15 is 0 Å². The third kappa shape index (κ3) is 5.85. The number of amides is 1. The summed E-state index contributed by atoms with van der Waals surface area (Å²) in [6.45, 7) is 3.47. The number of nitrogens with zero attached hydrogens (tertiary/aromatic N) is 3. The van der Waals surface area contributed by atoms with Crippen molar-refractivity contribution in [3.8, 4) is 17.6 Å². The van der Waals surface area contributed by atoms with Crippen molar-refractivity contribution in [1.82, 2.24) is 20.1 Å². The number of nitrogens with one attached hydrogen (secondary N) is 1. The predicted octanol–water partition coefficient (Wildman–Crippen LogP) is 4.68. The quantitative estimate of drug-likeness (QED) is 0.463. The highest BCUT2D eigenvalue weighted by molar-refractivity contribution is 6.07. The van der Waals surface area contributed by atoms with Crippen LogP contribution in [0.25, 0.3) is 10.9 Å². The second-order valence-corrected chi connectivity index (χ2v) is 8.89. The number of benzene rings is 1. The van der Waals surface area contributed by atoms with Crippen molar-refractivity contribution < 1.29 is 32.6 Å². The van der Waals surface area contributed by atoms with Crippen LogP contribution in [0.3, 0.4) is 0 Å². The molecule has 0 aliphatic heterocycles. The second kappa shape index (κ2) is 10.5. The molecule has 37 heavy (non-hydrogen) atoms. The van der Waals surface area contributed by atoms with Gasteiger partial charge in [0.25, 0.3) is 5.91 Å². The molecule has 1 aliphatic carbocycles. The van der Waals surface area contributed by atoms with Crippen molar-refractivity contribution >= 4 is 22.8 Å². The molecule has 2 heterocycles. The number of fused-ring (bicyclic) bond motifs is 1. The molecule has 8 nitrogen and oxygen atoms in total. The first kappa shape index (κ1) is 26.0. The molecule has 0 bridgehead atoms. The van der Waals surface area contributed by atoms with Gasteiger partial charge in [0.05, 0.1) is 41.1 Å². The van der Waals surface area contributed by atoms with E-state index in [1.165, 1.54) is 12.1 Å². The number of aliphatic carboxylic acids is 1. The summed E-state index contributed by atoms with van der Waals surface area (Å²) in [5.41, 5.74) is 1.97. The number of hydrogen-bond acceptors (Lipinski definition) is 5. The molecular weight excluding hydrogens is 489 g/mol. The first-order valence-electron chi connectivity index (χ1n) is 11.8. The lowest BCUT2D eigenvalue weighted by Crippen LogP contribution is -2.39. The van der Waals surface area contributed by atoms with Crippen molar-refractivity contribution in [2.75, 3.05) is 0 Å². The summed E-state index contributed by atoms with van der Waals surface area (Å²) in [5, 5.41) is 17.4. The van der Waals surface area contributed by atoms with E-state index in [1.54, 1.807) is 36.9 Å². The number of carbonyl (C=O) groups is 2. The number of ether oxygens (including phenoxy) is 1. The Balaban J connectivity index is 1.65. The SMILES string of the molecule is CC#Cc1ccc(C(=O)NC2CCC(C(=O)O)CC2)c2c1cnn2C(C)c1ccc(OC(F)(F)F)cn1. The molecule has 2 aromatic heterocycles. The summed E-state index contributed by atoms with van der Waals surface area (Å²) >= 11 is 0. The Morgan fingerprint density at radius 3 is 2.49 bits per heavy atom. The van der Waals surface area contributed by atoms with Crippen LogP contribution >= 0.6 is 0 Å². The van der Waals surface area contributed by atoms with Crippen LogP contribution < -0.4 is 10.1 Å². The molecule has 1 saturated carbocycles. The Morgan fingerprint density at radius 1 is 1.16 bits per heavy atom. The van der Waals surface area contributed by atoms with Crippen molar-refractivity contribution in [3.05, 3.63) is 53.5 Å². The molecular formula is C26H25F3N4O4. The molecule has 2 N–H and O–H groups in total. The molecule has 1 aliphatic rings. The number of rotatable bonds is 6. The maximum atomic E-state index is 13.4. The van der Waals surface area contributed by atoms with Gasteiger partial charge in [0.1, 0.15) is 5.75 Å². The molecule has 1 fully saturated rings. The van der Waals surface area contributed by atoms with E-state index in [4.69, 9.17) is 0 Å². The Labute approximate surface area is 210 Å². The van der Waals surface area contributed by atoms with Gasteiger partial charge < -0.3 is 15.2 Å². The van der Waals surface area contributed by atoms with Crippen molar-refractivity contribution in [3.63, 3.8) is 0 Å². The fourth-order valence-electron chi connectivity index (χ4n) is 4.59. The van der Waals surface area contributed by atoms with E-state index in [0.717, 1.165) is 6.20 Å². The third-order valence-corrected chi connectivity index (χ3v) is 6.46. The van der Waals surface area contributed by atoms with E-state index in [-0.39, 0.29) is 11.9 Å². The van der Waals surface area contributed by atoms with Crippen molar-refractivity contribution in [2.45, 2.75) is 58.0 Å². The van der Waals surface area contributed by atoms with E-state index < -0.39 is 30.0 Å². The molecule has 1 amide bonds. The van der Waals surface area contributed by atoms with Crippen LogP contribution in [0, 0.1) is 17.8 Å². The van der Waals surface area contributed by atoms with Gasteiger partial charge in [0, 0.05) is 17.0 Å². The first-order chi connectivity index (χ1) is 17.6. The monoisotopic (exact) mass is 514 g/mol.